The number of nitrogens with two attached hydrogens (primary N) is 1. The van der Waals surface area contributed by atoms with E-state index in [1.165, 1.54) is 4.90 Å². The van der Waals surface area contributed by atoms with Gasteiger partial charge in [-0.05, 0) is 46.5 Å². The molecule has 0 unspecified atom stereocenters. The molecule has 3 N–H and O–H groups in total. The van der Waals surface area contributed by atoms with Gasteiger partial charge in [0.2, 0.25) is 21.8 Å². The van der Waals surface area contributed by atoms with Crippen LogP contribution in [0.15, 0.2) is 22.0 Å². The number of rotatable bonds is 10. The van der Waals surface area contributed by atoms with Gasteiger partial charge in [-0.1, -0.05) is 31.3 Å². The number of anilines is 2. The van der Waals surface area contributed by atoms with Crippen molar-refractivity contribution >= 4 is 59.9 Å². The number of ether oxygens (including phenoxy) is 1. The molecule has 2 aromatic rings. The lowest BCUT2D eigenvalue weighted by Gasteiger charge is -2.23. The number of nitrogens with zero attached hydrogens (tertiary/aromatic N) is 2. The van der Waals surface area contributed by atoms with Crippen molar-refractivity contribution in [3.63, 3.8) is 0 Å². The van der Waals surface area contributed by atoms with Gasteiger partial charge in [0.05, 0.1) is 34.6 Å². The summed E-state index contributed by atoms with van der Waals surface area (Å²) in [4.78, 5) is 30.1. The number of sulfonamides is 1. The number of aromatic nitrogens is 1. The first-order chi connectivity index (χ1) is 14.4. The molecule has 12 heteroatoms. The van der Waals surface area contributed by atoms with Crippen molar-refractivity contribution in [2.45, 2.75) is 33.7 Å². The van der Waals surface area contributed by atoms with Crippen LogP contribution in [0.1, 0.15) is 31.5 Å². The van der Waals surface area contributed by atoms with E-state index in [9.17, 15) is 18.0 Å². The van der Waals surface area contributed by atoms with Crippen molar-refractivity contribution in [2.24, 2.45) is 11.7 Å². The standard InChI is InChI=1S/C19H25BrN4O5S2/c1-11(2)10-29-15-7-12(3)5-6-14(15)24(17(26)8-16(21)25)19-23-13(18(20)30-19)9-22-31(4,27)28/h5-7,11,22H,8-10H2,1-4H3,(H2,21,25). The highest BCUT2D eigenvalue weighted by Gasteiger charge is 2.27. The number of primary amides is 1. The summed E-state index contributed by atoms with van der Waals surface area (Å²) >= 11 is 4.49. The predicted octanol–water partition coefficient (Wildman–Crippen LogP) is 2.84. The first kappa shape index (κ1) is 25.2. The smallest absolute Gasteiger partial charge is 0.242 e. The van der Waals surface area contributed by atoms with Gasteiger partial charge >= 0.3 is 0 Å². The topological polar surface area (TPSA) is 132 Å². The van der Waals surface area contributed by atoms with Crippen LogP contribution >= 0.6 is 27.3 Å². The molecule has 2 amide bonds. The lowest BCUT2D eigenvalue weighted by atomic mass is 10.2. The molecule has 0 aliphatic heterocycles. The Hall–Kier alpha value is -2.02. The number of halogens is 1. The van der Waals surface area contributed by atoms with Gasteiger partial charge in [-0.2, -0.15) is 0 Å². The van der Waals surface area contributed by atoms with Crippen molar-refractivity contribution in [2.75, 3.05) is 17.8 Å². The zero-order chi connectivity index (χ0) is 23.3. The predicted molar refractivity (Wildman–Crippen MR) is 124 cm³/mol. The van der Waals surface area contributed by atoms with Gasteiger partial charge in [0, 0.05) is 0 Å². The molecule has 0 aliphatic carbocycles. The van der Waals surface area contributed by atoms with E-state index in [1.807, 2.05) is 26.8 Å². The summed E-state index contributed by atoms with van der Waals surface area (Å²) in [6.07, 6.45) is 0.521. The van der Waals surface area contributed by atoms with Crippen molar-refractivity contribution in [3.05, 3.63) is 33.2 Å². The number of nitrogens with one attached hydrogen (secondary N) is 1. The molecule has 1 aromatic heterocycles. The average Bonchev–Trinajstić information content (AvgIpc) is 2.99. The van der Waals surface area contributed by atoms with E-state index in [2.05, 4.69) is 25.6 Å². The Morgan fingerprint density at radius 3 is 2.61 bits per heavy atom. The fraction of sp³-hybridized carbons (Fsp3) is 0.421. The fourth-order valence-electron chi connectivity index (χ4n) is 2.48. The number of benzene rings is 1. The zero-order valence-electron chi connectivity index (χ0n) is 17.6. The van der Waals surface area contributed by atoms with Crippen molar-refractivity contribution in [3.8, 4) is 5.75 Å². The third-order valence-corrected chi connectivity index (χ3v) is 6.32. The SMILES string of the molecule is Cc1ccc(N(C(=O)CC(N)=O)c2nc(CNS(C)(=O)=O)c(Br)s2)c(OCC(C)C)c1. The van der Waals surface area contributed by atoms with Gasteiger partial charge < -0.3 is 10.5 Å². The first-order valence-electron chi connectivity index (χ1n) is 9.32. The molecule has 0 saturated carbocycles. The summed E-state index contributed by atoms with van der Waals surface area (Å²) in [6, 6.07) is 5.33. The molecule has 0 spiro atoms. The average molecular weight is 533 g/mol. The van der Waals surface area contributed by atoms with E-state index in [0.29, 0.717) is 27.5 Å². The normalized spacial score (nSPS) is 11.5. The maximum Gasteiger partial charge on any atom is 0.242 e. The van der Waals surface area contributed by atoms with Crippen LogP contribution in [-0.4, -0.2) is 38.1 Å². The highest BCUT2D eigenvalue weighted by atomic mass is 79.9. The molecule has 9 nitrogen and oxygen atoms in total. The molecule has 170 valence electrons. The first-order valence-corrected chi connectivity index (χ1v) is 12.8. The van der Waals surface area contributed by atoms with Crippen molar-refractivity contribution in [1.29, 1.82) is 0 Å². The largest absolute Gasteiger partial charge is 0.491 e. The number of aryl methyl sites for hydroxylation is 1. The van der Waals surface area contributed by atoms with Crippen LogP contribution in [0.5, 0.6) is 5.75 Å². The van der Waals surface area contributed by atoms with Crippen LogP contribution in [0.4, 0.5) is 10.8 Å². The molecule has 0 radical (unpaired) electrons. The Labute approximate surface area is 194 Å². The second-order valence-electron chi connectivity index (χ2n) is 7.36. The minimum Gasteiger partial charge on any atom is -0.491 e. The molecule has 2 rings (SSSR count). The van der Waals surface area contributed by atoms with Crippen LogP contribution in [-0.2, 0) is 26.2 Å². The molecule has 1 aromatic carbocycles. The number of amides is 2. The van der Waals surface area contributed by atoms with Gasteiger partial charge in [0.25, 0.3) is 0 Å². The molecule has 0 bridgehead atoms. The van der Waals surface area contributed by atoms with Gasteiger partial charge in [-0.3, -0.25) is 14.5 Å². The molecule has 0 aliphatic rings. The van der Waals surface area contributed by atoms with Gasteiger partial charge in [-0.15, -0.1) is 0 Å². The van der Waals surface area contributed by atoms with E-state index in [-0.39, 0.29) is 17.6 Å². The summed E-state index contributed by atoms with van der Waals surface area (Å²) in [5.41, 5.74) is 7.01. The molecule has 0 fully saturated rings. The van der Waals surface area contributed by atoms with Gasteiger partial charge in [-0.25, -0.2) is 18.1 Å². The third kappa shape index (κ3) is 7.56. The van der Waals surface area contributed by atoms with Crippen LogP contribution in [0.25, 0.3) is 0 Å². The quantitative estimate of drug-likeness (QED) is 0.452. The molecular weight excluding hydrogens is 508 g/mol. The second kappa shape index (κ2) is 10.5. The Morgan fingerprint density at radius 2 is 2.03 bits per heavy atom. The van der Waals surface area contributed by atoms with E-state index >= 15 is 0 Å². The third-order valence-electron chi connectivity index (χ3n) is 3.83. The number of hydrogen-bond acceptors (Lipinski definition) is 7. The molecule has 31 heavy (non-hydrogen) atoms. The minimum absolute atomic E-state index is 0.0572. The van der Waals surface area contributed by atoms with Crippen molar-refractivity contribution < 1.29 is 22.7 Å². The summed E-state index contributed by atoms with van der Waals surface area (Å²) < 4.78 is 31.7. The molecule has 0 atom stereocenters. The molecular formula is C19H25BrN4O5S2. The molecule has 1 heterocycles. The van der Waals surface area contributed by atoms with E-state index < -0.39 is 28.3 Å². The maximum absolute atomic E-state index is 13.0. The van der Waals surface area contributed by atoms with Crippen LogP contribution in [0.3, 0.4) is 0 Å². The summed E-state index contributed by atoms with van der Waals surface area (Å²) in [5, 5.41) is 0.252. The summed E-state index contributed by atoms with van der Waals surface area (Å²) in [5.74, 6) is -0.629. The second-order valence-corrected chi connectivity index (χ2v) is 11.5. The monoisotopic (exact) mass is 532 g/mol. The van der Waals surface area contributed by atoms with Crippen LogP contribution in [0.2, 0.25) is 0 Å². The zero-order valence-corrected chi connectivity index (χ0v) is 20.9. The Balaban J connectivity index is 2.53. The van der Waals surface area contributed by atoms with Crippen molar-refractivity contribution in [1.82, 2.24) is 9.71 Å². The van der Waals surface area contributed by atoms with Crippen LogP contribution in [0, 0.1) is 12.8 Å². The Kier molecular flexibility index (Phi) is 8.57. The number of carbonyl (C=O) groups excluding carboxylic acids is 2. The summed E-state index contributed by atoms with van der Waals surface area (Å²) in [7, 11) is -3.43. The Bertz CT molecular complexity index is 1070. The Morgan fingerprint density at radius 1 is 1.35 bits per heavy atom. The fourth-order valence-corrected chi connectivity index (χ4v) is 4.38. The highest BCUT2D eigenvalue weighted by Crippen LogP contribution is 2.40. The van der Waals surface area contributed by atoms with E-state index in [0.717, 1.165) is 23.2 Å². The van der Waals surface area contributed by atoms with Crippen LogP contribution < -0.4 is 20.1 Å². The molecule has 0 saturated heterocycles. The maximum atomic E-state index is 13.0. The van der Waals surface area contributed by atoms with Gasteiger partial charge in [0.1, 0.15) is 12.2 Å². The van der Waals surface area contributed by atoms with Gasteiger partial charge in [0.15, 0.2) is 5.13 Å². The van der Waals surface area contributed by atoms with E-state index in [1.54, 1.807) is 12.1 Å². The number of thiazole rings is 1. The highest BCUT2D eigenvalue weighted by molar-refractivity contribution is 9.11. The summed E-state index contributed by atoms with van der Waals surface area (Å²) in [6.45, 7) is 6.28. The number of hydrogen-bond donors (Lipinski definition) is 2. The van der Waals surface area contributed by atoms with E-state index in [4.69, 9.17) is 10.5 Å². The lowest BCUT2D eigenvalue weighted by Crippen LogP contribution is -2.31. The number of carbonyl (C=O) groups is 2. The lowest BCUT2D eigenvalue weighted by molar-refractivity contribution is -0.125. The minimum atomic E-state index is -3.43.